The SMILES string of the molecule is CCC(C)Cc1nncn1C(C)C. The second-order valence-corrected chi connectivity index (χ2v) is 3.97. The monoisotopic (exact) mass is 181 g/mol. The first-order valence-corrected chi connectivity index (χ1v) is 5.03. The molecule has 0 N–H and O–H groups in total. The normalized spacial score (nSPS) is 13.6. The van der Waals surface area contributed by atoms with Gasteiger partial charge in [0.2, 0.25) is 0 Å². The highest BCUT2D eigenvalue weighted by atomic mass is 15.3. The molecule has 3 heteroatoms. The molecule has 1 unspecified atom stereocenters. The first kappa shape index (κ1) is 10.2. The summed E-state index contributed by atoms with van der Waals surface area (Å²) in [5.41, 5.74) is 0. The summed E-state index contributed by atoms with van der Waals surface area (Å²) in [4.78, 5) is 0. The third-order valence-electron chi connectivity index (χ3n) is 2.43. The van der Waals surface area contributed by atoms with Gasteiger partial charge in [0, 0.05) is 12.5 Å². The maximum Gasteiger partial charge on any atom is 0.133 e. The smallest absolute Gasteiger partial charge is 0.133 e. The molecule has 0 aliphatic rings. The first-order valence-electron chi connectivity index (χ1n) is 5.03. The topological polar surface area (TPSA) is 30.7 Å². The van der Waals surface area contributed by atoms with E-state index >= 15 is 0 Å². The lowest BCUT2D eigenvalue weighted by molar-refractivity contribution is 0.497. The molecule has 1 atom stereocenters. The molecule has 0 saturated carbocycles. The summed E-state index contributed by atoms with van der Waals surface area (Å²) < 4.78 is 2.14. The summed E-state index contributed by atoms with van der Waals surface area (Å²) in [6.07, 6.45) is 4.06. The number of rotatable bonds is 4. The van der Waals surface area contributed by atoms with Crippen molar-refractivity contribution in [2.24, 2.45) is 5.92 Å². The molecule has 1 rings (SSSR count). The Bertz CT molecular complexity index is 252. The highest BCUT2D eigenvalue weighted by Crippen LogP contribution is 2.12. The van der Waals surface area contributed by atoms with Crippen molar-refractivity contribution < 1.29 is 0 Å². The molecule has 0 aliphatic carbocycles. The molecular weight excluding hydrogens is 162 g/mol. The molecule has 0 spiro atoms. The van der Waals surface area contributed by atoms with Crippen molar-refractivity contribution in [2.45, 2.75) is 46.6 Å². The Hall–Kier alpha value is -0.860. The summed E-state index contributed by atoms with van der Waals surface area (Å²) in [5.74, 6) is 1.81. The molecule has 0 radical (unpaired) electrons. The highest BCUT2D eigenvalue weighted by Gasteiger charge is 2.09. The van der Waals surface area contributed by atoms with Crippen LogP contribution in [0.5, 0.6) is 0 Å². The zero-order valence-corrected chi connectivity index (χ0v) is 8.99. The number of aromatic nitrogens is 3. The standard InChI is InChI=1S/C10H19N3/c1-5-9(4)6-10-12-11-7-13(10)8(2)3/h7-9H,5-6H2,1-4H3. The minimum atomic E-state index is 0.467. The lowest BCUT2D eigenvalue weighted by Crippen LogP contribution is -2.09. The Balaban J connectivity index is 2.70. The molecule has 0 bridgehead atoms. The molecule has 1 heterocycles. The van der Waals surface area contributed by atoms with Crippen molar-refractivity contribution >= 4 is 0 Å². The minimum Gasteiger partial charge on any atom is -0.315 e. The largest absolute Gasteiger partial charge is 0.315 e. The molecule has 74 valence electrons. The van der Waals surface area contributed by atoms with E-state index in [0.29, 0.717) is 12.0 Å². The zero-order chi connectivity index (χ0) is 9.84. The summed E-state index contributed by atoms with van der Waals surface area (Å²) in [7, 11) is 0. The Labute approximate surface area is 80.2 Å². The van der Waals surface area contributed by atoms with Gasteiger partial charge in [-0.2, -0.15) is 0 Å². The molecule has 13 heavy (non-hydrogen) atoms. The van der Waals surface area contributed by atoms with E-state index in [1.807, 2.05) is 6.33 Å². The zero-order valence-electron chi connectivity index (χ0n) is 8.99. The van der Waals surface area contributed by atoms with Gasteiger partial charge < -0.3 is 4.57 Å². The van der Waals surface area contributed by atoms with Gasteiger partial charge in [0.15, 0.2) is 0 Å². The van der Waals surface area contributed by atoms with E-state index in [0.717, 1.165) is 12.2 Å². The molecule has 1 aromatic rings. The van der Waals surface area contributed by atoms with E-state index in [1.54, 1.807) is 0 Å². The number of hydrogen-bond acceptors (Lipinski definition) is 2. The van der Waals surface area contributed by atoms with E-state index < -0.39 is 0 Å². The van der Waals surface area contributed by atoms with Crippen molar-refractivity contribution in [3.05, 3.63) is 12.2 Å². The maximum absolute atomic E-state index is 4.14. The number of nitrogens with zero attached hydrogens (tertiary/aromatic N) is 3. The number of hydrogen-bond donors (Lipinski definition) is 0. The van der Waals surface area contributed by atoms with Gasteiger partial charge in [-0.3, -0.25) is 0 Å². The molecule has 3 nitrogen and oxygen atoms in total. The van der Waals surface area contributed by atoms with Crippen molar-refractivity contribution in [1.29, 1.82) is 0 Å². The van der Waals surface area contributed by atoms with E-state index in [1.165, 1.54) is 6.42 Å². The van der Waals surface area contributed by atoms with E-state index in [9.17, 15) is 0 Å². The van der Waals surface area contributed by atoms with Gasteiger partial charge >= 0.3 is 0 Å². The van der Waals surface area contributed by atoms with Crippen LogP contribution in [-0.2, 0) is 6.42 Å². The van der Waals surface area contributed by atoms with E-state index in [-0.39, 0.29) is 0 Å². The van der Waals surface area contributed by atoms with Crippen LogP contribution in [0.3, 0.4) is 0 Å². The fourth-order valence-corrected chi connectivity index (χ4v) is 1.30. The summed E-state index contributed by atoms with van der Waals surface area (Å²) in [6, 6.07) is 0.467. The van der Waals surface area contributed by atoms with Gasteiger partial charge in [-0.15, -0.1) is 10.2 Å². The van der Waals surface area contributed by atoms with Crippen LogP contribution in [0.2, 0.25) is 0 Å². The average Bonchev–Trinajstić information content (AvgIpc) is 2.52. The summed E-state index contributed by atoms with van der Waals surface area (Å²) >= 11 is 0. The molecular formula is C10H19N3. The Morgan fingerprint density at radius 2 is 2.08 bits per heavy atom. The Morgan fingerprint density at radius 3 is 2.62 bits per heavy atom. The summed E-state index contributed by atoms with van der Waals surface area (Å²) in [6.45, 7) is 8.77. The summed E-state index contributed by atoms with van der Waals surface area (Å²) in [5, 5.41) is 8.08. The van der Waals surface area contributed by atoms with Gasteiger partial charge in [-0.05, 0) is 19.8 Å². The van der Waals surface area contributed by atoms with Crippen LogP contribution in [0.1, 0.15) is 46.0 Å². The van der Waals surface area contributed by atoms with Crippen LogP contribution >= 0.6 is 0 Å². The Morgan fingerprint density at radius 1 is 1.38 bits per heavy atom. The van der Waals surface area contributed by atoms with Crippen LogP contribution in [-0.4, -0.2) is 14.8 Å². The molecule has 0 fully saturated rings. The second-order valence-electron chi connectivity index (χ2n) is 3.97. The Kier molecular flexibility index (Phi) is 3.46. The van der Waals surface area contributed by atoms with Crippen LogP contribution in [0.25, 0.3) is 0 Å². The predicted molar refractivity (Wildman–Crippen MR) is 53.6 cm³/mol. The van der Waals surface area contributed by atoms with E-state index in [2.05, 4.69) is 42.5 Å². The fraction of sp³-hybridized carbons (Fsp3) is 0.800. The third kappa shape index (κ3) is 2.54. The quantitative estimate of drug-likeness (QED) is 0.714. The van der Waals surface area contributed by atoms with Crippen molar-refractivity contribution in [3.8, 4) is 0 Å². The third-order valence-corrected chi connectivity index (χ3v) is 2.43. The van der Waals surface area contributed by atoms with Crippen molar-refractivity contribution in [3.63, 3.8) is 0 Å². The maximum atomic E-state index is 4.14. The lowest BCUT2D eigenvalue weighted by atomic mass is 10.1. The molecule has 0 aliphatic heterocycles. The molecule has 0 saturated heterocycles. The van der Waals surface area contributed by atoms with Gasteiger partial charge in [0.05, 0.1) is 0 Å². The van der Waals surface area contributed by atoms with Crippen LogP contribution in [0, 0.1) is 5.92 Å². The lowest BCUT2D eigenvalue weighted by Gasteiger charge is -2.12. The highest BCUT2D eigenvalue weighted by molar-refractivity contribution is 4.89. The van der Waals surface area contributed by atoms with Crippen LogP contribution in [0.4, 0.5) is 0 Å². The van der Waals surface area contributed by atoms with E-state index in [4.69, 9.17) is 0 Å². The minimum absolute atomic E-state index is 0.467. The predicted octanol–water partition coefficient (Wildman–Crippen LogP) is 2.45. The molecule has 1 aromatic heterocycles. The fourth-order valence-electron chi connectivity index (χ4n) is 1.30. The van der Waals surface area contributed by atoms with Gasteiger partial charge in [-0.1, -0.05) is 20.3 Å². The van der Waals surface area contributed by atoms with Gasteiger partial charge in [0.25, 0.3) is 0 Å². The van der Waals surface area contributed by atoms with Crippen molar-refractivity contribution in [2.75, 3.05) is 0 Å². The second kappa shape index (κ2) is 4.40. The van der Waals surface area contributed by atoms with Gasteiger partial charge in [0.1, 0.15) is 12.2 Å². The van der Waals surface area contributed by atoms with Crippen LogP contribution in [0.15, 0.2) is 6.33 Å². The van der Waals surface area contributed by atoms with Crippen molar-refractivity contribution in [1.82, 2.24) is 14.8 Å². The van der Waals surface area contributed by atoms with Crippen LogP contribution < -0.4 is 0 Å². The molecule has 0 amide bonds. The molecule has 0 aromatic carbocycles. The van der Waals surface area contributed by atoms with Gasteiger partial charge in [-0.25, -0.2) is 0 Å². The first-order chi connectivity index (χ1) is 6.15. The average molecular weight is 181 g/mol.